The number of fused-ring (bicyclic) bond motifs is 1. The number of halogens is 1. The number of carbonyl (C=O) groups excluding carboxylic acids is 1. The smallest absolute Gasteiger partial charge is 0.240 e. The molecule has 4 aromatic rings. The maximum atomic E-state index is 14.2. The average molecular weight is 462 g/mol. The molecule has 1 aromatic heterocycles. The number of rotatable bonds is 5. The quantitative estimate of drug-likeness (QED) is 0.456. The predicted octanol–water partition coefficient (Wildman–Crippen LogP) is 4.49. The highest BCUT2D eigenvalue weighted by molar-refractivity contribution is 8.00. The van der Waals surface area contributed by atoms with Crippen molar-refractivity contribution in [1.29, 1.82) is 0 Å². The number of benzene rings is 3. The van der Waals surface area contributed by atoms with E-state index >= 15 is 0 Å². The third-order valence-electron chi connectivity index (χ3n) is 5.33. The number of nitrogens with zero attached hydrogens (tertiary/aromatic N) is 3. The molecule has 0 bridgehead atoms. The van der Waals surface area contributed by atoms with Crippen molar-refractivity contribution in [2.45, 2.75) is 16.4 Å². The van der Waals surface area contributed by atoms with Crippen LogP contribution in [0.1, 0.15) is 11.6 Å². The second-order valence-electron chi connectivity index (χ2n) is 7.40. The van der Waals surface area contributed by atoms with Crippen LogP contribution in [-0.2, 0) is 4.79 Å². The van der Waals surface area contributed by atoms with Crippen LogP contribution >= 0.6 is 11.8 Å². The minimum Gasteiger partial charge on any atom is -0.497 e. The fraction of sp³-hybridized carbons (Fsp3) is 0.125. The molecular weight excluding hydrogens is 441 g/mol. The standard InChI is InChI=1S/C24H20FN5O2S/c1-32-17-13-11-15(12-14-17)20-21(23(31)26-19-10-6-5-9-18(19)25)33-24-28-27-22(30(24)29-20)16-7-3-2-4-8-16/h2-14,20-21,29H,1H3,(H,26,31)/t20-,21-/m1/s1. The Hall–Kier alpha value is -3.85. The molecule has 1 aliphatic rings. The SMILES string of the molecule is COc1ccc([C@H]2Nn3c(nnc3-c3ccccc3)S[C@H]2C(=O)Nc2ccccc2F)cc1. The summed E-state index contributed by atoms with van der Waals surface area (Å²) in [4.78, 5) is 13.3. The molecule has 2 heterocycles. The molecule has 5 rings (SSSR count). The lowest BCUT2D eigenvalue weighted by atomic mass is 10.0. The minimum atomic E-state index is -0.627. The summed E-state index contributed by atoms with van der Waals surface area (Å²) in [5.74, 6) is 0.526. The first-order chi connectivity index (χ1) is 16.1. The number of amides is 1. The molecule has 2 atom stereocenters. The van der Waals surface area contributed by atoms with Gasteiger partial charge in [0, 0.05) is 5.56 Å². The van der Waals surface area contributed by atoms with Gasteiger partial charge in [-0.15, -0.1) is 10.2 Å². The van der Waals surface area contributed by atoms with Crippen molar-refractivity contribution >= 4 is 23.4 Å². The lowest BCUT2D eigenvalue weighted by molar-refractivity contribution is -0.116. The molecule has 0 radical (unpaired) electrons. The molecule has 0 saturated heterocycles. The number of hydrogen-bond acceptors (Lipinski definition) is 6. The lowest BCUT2D eigenvalue weighted by Gasteiger charge is -2.33. The molecule has 0 unspecified atom stereocenters. The van der Waals surface area contributed by atoms with Crippen molar-refractivity contribution in [3.05, 3.63) is 90.2 Å². The van der Waals surface area contributed by atoms with E-state index in [9.17, 15) is 9.18 Å². The van der Waals surface area contributed by atoms with Gasteiger partial charge in [0.15, 0.2) is 5.82 Å². The molecule has 1 aliphatic heterocycles. The van der Waals surface area contributed by atoms with Crippen LogP contribution in [0, 0.1) is 5.82 Å². The van der Waals surface area contributed by atoms with Gasteiger partial charge >= 0.3 is 0 Å². The zero-order chi connectivity index (χ0) is 22.8. The molecule has 33 heavy (non-hydrogen) atoms. The Bertz CT molecular complexity index is 1280. The largest absolute Gasteiger partial charge is 0.497 e. The van der Waals surface area contributed by atoms with Gasteiger partial charge in [0.1, 0.15) is 16.8 Å². The molecule has 2 N–H and O–H groups in total. The highest BCUT2D eigenvalue weighted by atomic mass is 32.2. The Morgan fingerprint density at radius 3 is 2.48 bits per heavy atom. The molecular formula is C24H20FN5O2S. The first-order valence-corrected chi connectivity index (χ1v) is 11.2. The van der Waals surface area contributed by atoms with Gasteiger partial charge in [0.05, 0.1) is 18.8 Å². The minimum absolute atomic E-state index is 0.133. The van der Waals surface area contributed by atoms with E-state index in [1.54, 1.807) is 23.9 Å². The Morgan fingerprint density at radius 2 is 1.76 bits per heavy atom. The first kappa shape index (κ1) is 21.0. The van der Waals surface area contributed by atoms with Crippen LogP contribution < -0.4 is 15.5 Å². The van der Waals surface area contributed by atoms with Gasteiger partial charge in [0.25, 0.3) is 0 Å². The van der Waals surface area contributed by atoms with Gasteiger partial charge in [-0.3, -0.25) is 4.79 Å². The summed E-state index contributed by atoms with van der Waals surface area (Å²) >= 11 is 1.28. The summed E-state index contributed by atoms with van der Waals surface area (Å²) in [5, 5.41) is 11.3. The molecule has 1 amide bonds. The third kappa shape index (κ3) is 4.14. The Kier molecular flexibility index (Phi) is 5.70. The monoisotopic (exact) mass is 461 g/mol. The number of carbonyl (C=O) groups is 1. The van der Waals surface area contributed by atoms with Crippen LogP contribution in [0.2, 0.25) is 0 Å². The number of aromatic nitrogens is 3. The Labute approximate surface area is 194 Å². The van der Waals surface area contributed by atoms with Crippen molar-refractivity contribution in [2.24, 2.45) is 0 Å². The number of methoxy groups -OCH3 is 1. The number of anilines is 1. The second-order valence-corrected chi connectivity index (χ2v) is 8.50. The van der Waals surface area contributed by atoms with Gasteiger partial charge in [-0.2, -0.15) is 0 Å². The van der Waals surface area contributed by atoms with Gasteiger partial charge in [-0.1, -0.05) is 66.4 Å². The normalized spacial score (nSPS) is 17.0. The molecule has 9 heteroatoms. The Balaban J connectivity index is 1.52. The van der Waals surface area contributed by atoms with E-state index in [1.165, 1.54) is 23.9 Å². The van der Waals surface area contributed by atoms with Crippen LogP contribution in [0.3, 0.4) is 0 Å². The number of hydrogen-bond donors (Lipinski definition) is 2. The number of nitrogens with one attached hydrogen (secondary N) is 2. The van der Waals surface area contributed by atoms with Crippen LogP contribution in [0.4, 0.5) is 10.1 Å². The predicted molar refractivity (Wildman–Crippen MR) is 125 cm³/mol. The zero-order valence-electron chi connectivity index (χ0n) is 17.6. The average Bonchev–Trinajstić information content (AvgIpc) is 3.28. The molecule has 0 fully saturated rings. The number of ether oxygens (including phenoxy) is 1. The van der Waals surface area contributed by atoms with Gasteiger partial charge < -0.3 is 15.5 Å². The van der Waals surface area contributed by atoms with E-state index in [0.717, 1.165) is 11.1 Å². The maximum Gasteiger partial charge on any atom is 0.240 e. The van der Waals surface area contributed by atoms with Crippen molar-refractivity contribution in [3.8, 4) is 17.1 Å². The summed E-state index contributed by atoms with van der Waals surface area (Å²) in [6.07, 6.45) is 0. The van der Waals surface area contributed by atoms with Gasteiger partial charge in [-0.25, -0.2) is 9.07 Å². The topological polar surface area (TPSA) is 81.1 Å². The highest BCUT2D eigenvalue weighted by Gasteiger charge is 2.38. The van der Waals surface area contributed by atoms with Crippen molar-refractivity contribution < 1.29 is 13.9 Å². The maximum absolute atomic E-state index is 14.2. The molecule has 0 aliphatic carbocycles. The molecule has 0 saturated carbocycles. The summed E-state index contributed by atoms with van der Waals surface area (Å²) in [6.45, 7) is 0. The highest BCUT2D eigenvalue weighted by Crippen LogP contribution is 2.39. The van der Waals surface area contributed by atoms with E-state index in [2.05, 4.69) is 20.9 Å². The van der Waals surface area contributed by atoms with E-state index in [0.29, 0.717) is 16.7 Å². The Morgan fingerprint density at radius 1 is 1.03 bits per heavy atom. The number of thioether (sulfide) groups is 1. The third-order valence-corrected chi connectivity index (χ3v) is 6.55. The molecule has 166 valence electrons. The molecule has 7 nitrogen and oxygen atoms in total. The summed E-state index contributed by atoms with van der Waals surface area (Å²) in [7, 11) is 1.60. The lowest BCUT2D eigenvalue weighted by Crippen LogP contribution is -2.41. The summed E-state index contributed by atoms with van der Waals surface area (Å²) in [5.41, 5.74) is 5.30. The zero-order valence-corrected chi connectivity index (χ0v) is 18.4. The fourth-order valence-corrected chi connectivity index (χ4v) is 4.74. The van der Waals surface area contributed by atoms with E-state index in [-0.39, 0.29) is 11.6 Å². The van der Waals surface area contributed by atoms with Crippen molar-refractivity contribution in [1.82, 2.24) is 14.9 Å². The van der Waals surface area contributed by atoms with Crippen LogP contribution in [0.5, 0.6) is 5.75 Å². The second kappa shape index (κ2) is 8.95. The van der Waals surface area contributed by atoms with Crippen LogP contribution in [0.15, 0.2) is 84.0 Å². The molecule has 0 spiro atoms. The van der Waals surface area contributed by atoms with Gasteiger partial charge in [-0.05, 0) is 29.8 Å². The van der Waals surface area contributed by atoms with Crippen LogP contribution in [0.25, 0.3) is 11.4 Å². The van der Waals surface area contributed by atoms with Gasteiger partial charge in [0.2, 0.25) is 11.1 Å². The van der Waals surface area contributed by atoms with E-state index in [1.807, 2.05) is 54.6 Å². The summed E-state index contributed by atoms with van der Waals surface area (Å²) < 4.78 is 21.2. The van der Waals surface area contributed by atoms with Crippen molar-refractivity contribution in [3.63, 3.8) is 0 Å². The van der Waals surface area contributed by atoms with E-state index in [4.69, 9.17) is 4.74 Å². The van der Waals surface area contributed by atoms with E-state index < -0.39 is 17.1 Å². The fourth-order valence-electron chi connectivity index (χ4n) is 3.66. The summed E-state index contributed by atoms with van der Waals surface area (Å²) in [6, 6.07) is 22.8. The number of para-hydroxylation sites is 1. The van der Waals surface area contributed by atoms with Crippen molar-refractivity contribution in [2.75, 3.05) is 17.9 Å². The van der Waals surface area contributed by atoms with Crippen LogP contribution in [-0.4, -0.2) is 33.1 Å². The molecule has 3 aromatic carbocycles. The first-order valence-electron chi connectivity index (χ1n) is 10.3.